The average molecular weight is 776 g/mol. The largest absolute Gasteiger partial charge is 0.462 e. The molecule has 0 amide bonds. The molecule has 1 aliphatic carbocycles. The first-order valence-corrected chi connectivity index (χ1v) is 24.7. The highest BCUT2D eigenvalue weighted by molar-refractivity contribution is 5.69. The molecule has 1 saturated carbocycles. The van der Waals surface area contributed by atoms with Crippen LogP contribution in [0.2, 0.25) is 0 Å². The van der Waals surface area contributed by atoms with Gasteiger partial charge in [0.2, 0.25) is 0 Å². The highest BCUT2D eigenvalue weighted by Gasteiger charge is 2.49. The molecule has 6 nitrogen and oxygen atoms in total. The van der Waals surface area contributed by atoms with Crippen molar-refractivity contribution in [3.05, 3.63) is 0 Å². The zero-order chi connectivity index (χ0) is 39.2. The first-order chi connectivity index (χ1) is 26.9. The van der Waals surface area contributed by atoms with Crippen LogP contribution in [0.15, 0.2) is 0 Å². The molecule has 2 heterocycles. The van der Waals surface area contributed by atoms with Gasteiger partial charge in [-0.1, -0.05) is 169 Å². The smallest absolute Gasteiger partial charge is 0.306 e. The van der Waals surface area contributed by atoms with Crippen molar-refractivity contribution in [2.75, 3.05) is 19.8 Å². The molecule has 1 N–H and O–H groups in total. The zero-order valence-electron chi connectivity index (χ0n) is 37.2. The summed E-state index contributed by atoms with van der Waals surface area (Å²) in [5.41, 5.74) is 0.513. The first-order valence-electron chi connectivity index (χ1n) is 24.7. The van der Waals surface area contributed by atoms with Crippen LogP contribution in [0.1, 0.15) is 246 Å². The summed E-state index contributed by atoms with van der Waals surface area (Å²) in [5.74, 6) is 0.887. The van der Waals surface area contributed by atoms with Gasteiger partial charge in [0, 0.05) is 30.5 Å². The van der Waals surface area contributed by atoms with E-state index in [1.165, 1.54) is 180 Å². The Morgan fingerprint density at radius 1 is 0.636 bits per heavy atom. The lowest BCUT2D eigenvalue weighted by molar-refractivity contribution is -0.168. The van der Waals surface area contributed by atoms with Crippen molar-refractivity contribution >= 4 is 5.97 Å². The first kappa shape index (κ1) is 48.7. The lowest BCUT2D eigenvalue weighted by Gasteiger charge is -2.54. The van der Waals surface area contributed by atoms with Gasteiger partial charge < -0.3 is 24.3 Å². The number of rotatable bonds is 40. The molecule has 0 aromatic heterocycles. The Labute approximate surface area is 341 Å². The van der Waals surface area contributed by atoms with Crippen molar-refractivity contribution in [1.29, 1.82) is 0 Å². The van der Waals surface area contributed by atoms with E-state index in [0.29, 0.717) is 30.0 Å². The van der Waals surface area contributed by atoms with Crippen LogP contribution in [0.5, 0.6) is 0 Å². The van der Waals surface area contributed by atoms with Gasteiger partial charge in [-0.15, -0.1) is 0 Å². The van der Waals surface area contributed by atoms with Crippen molar-refractivity contribution in [3.8, 4) is 0 Å². The zero-order valence-corrected chi connectivity index (χ0v) is 37.2. The van der Waals surface area contributed by atoms with Gasteiger partial charge in [-0.05, 0) is 76.5 Å². The highest BCUT2D eigenvalue weighted by atomic mass is 16.8. The van der Waals surface area contributed by atoms with E-state index in [-0.39, 0.29) is 18.4 Å². The number of epoxide rings is 1. The molecule has 3 aliphatic rings. The molecule has 3 rings (SSSR count). The predicted octanol–water partition coefficient (Wildman–Crippen LogP) is 14.0. The Balaban J connectivity index is 1.22. The van der Waals surface area contributed by atoms with Gasteiger partial charge in [0.15, 0.2) is 6.29 Å². The topological polar surface area (TPSA) is 69.3 Å². The SMILES string of the molecule is CCCCCCCCC(CCCCCCCC)OC(=O)CCCCCCC(CCCCCCC1OC1OCCCCCCCC(C)C)NC1CC2(COC2)C1. The second-order valence-corrected chi connectivity index (χ2v) is 19.0. The molecule has 55 heavy (non-hydrogen) atoms. The van der Waals surface area contributed by atoms with Gasteiger partial charge in [0.25, 0.3) is 0 Å². The molecular formula is C49H93NO5. The van der Waals surface area contributed by atoms with Gasteiger partial charge in [0.05, 0.1) is 13.2 Å². The highest BCUT2D eigenvalue weighted by Crippen LogP contribution is 2.47. The van der Waals surface area contributed by atoms with Gasteiger partial charge in [-0.25, -0.2) is 0 Å². The molecule has 0 aromatic carbocycles. The monoisotopic (exact) mass is 776 g/mol. The van der Waals surface area contributed by atoms with Gasteiger partial charge in [-0.3, -0.25) is 4.79 Å². The molecular weight excluding hydrogens is 683 g/mol. The van der Waals surface area contributed by atoms with Gasteiger partial charge >= 0.3 is 5.97 Å². The predicted molar refractivity (Wildman–Crippen MR) is 232 cm³/mol. The second-order valence-electron chi connectivity index (χ2n) is 19.0. The number of carbonyl (C=O) groups is 1. The van der Waals surface area contributed by atoms with Crippen LogP contribution in [0.3, 0.4) is 0 Å². The van der Waals surface area contributed by atoms with E-state index < -0.39 is 0 Å². The number of esters is 1. The fourth-order valence-corrected chi connectivity index (χ4v) is 9.15. The maximum absolute atomic E-state index is 12.9. The van der Waals surface area contributed by atoms with Crippen molar-refractivity contribution < 1.29 is 23.7 Å². The minimum absolute atomic E-state index is 0.0509. The Hall–Kier alpha value is -0.690. The number of nitrogens with one attached hydrogen (secondary N) is 1. The number of unbranched alkanes of at least 4 members (excludes halogenated alkanes) is 20. The molecule has 3 unspecified atom stereocenters. The van der Waals surface area contributed by atoms with Gasteiger partial charge in [-0.2, -0.15) is 0 Å². The van der Waals surface area contributed by atoms with Crippen LogP contribution in [0.25, 0.3) is 0 Å². The van der Waals surface area contributed by atoms with Gasteiger partial charge in [0.1, 0.15) is 12.2 Å². The van der Waals surface area contributed by atoms with E-state index in [9.17, 15) is 4.79 Å². The summed E-state index contributed by atoms with van der Waals surface area (Å²) in [4.78, 5) is 12.9. The van der Waals surface area contributed by atoms with Crippen molar-refractivity contribution in [2.24, 2.45) is 11.3 Å². The molecule has 0 bridgehead atoms. The third-order valence-electron chi connectivity index (χ3n) is 12.9. The van der Waals surface area contributed by atoms with E-state index in [2.05, 4.69) is 33.0 Å². The van der Waals surface area contributed by atoms with Crippen LogP contribution in [0, 0.1) is 11.3 Å². The summed E-state index contributed by atoms with van der Waals surface area (Å²) in [7, 11) is 0. The van der Waals surface area contributed by atoms with E-state index in [0.717, 1.165) is 57.8 Å². The summed E-state index contributed by atoms with van der Waals surface area (Å²) in [6.45, 7) is 12.0. The fourth-order valence-electron chi connectivity index (χ4n) is 9.15. The van der Waals surface area contributed by atoms with Crippen LogP contribution in [-0.4, -0.2) is 56.4 Å². The summed E-state index contributed by atoms with van der Waals surface area (Å²) >= 11 is 0. The van der Waals surface area contributed by atoms with Crippen molar-refractivity contribution in [2.45, 2.75) is 277 Å². The third-order valence-corrected chi connectivity index (χ3v) is 12.9. The average Bonchev–Trinajstić information content (AvgIpc) is 3.89. The summed E-state index contributed by atoms with van der Waals surface area (Å²) in [6.07, 6.45) is 42.8. The minimum atomic E-state index is 0.0509. The second kappa shape index (κ2) is 31.3. The normalized spacial score (nSPS) is 19.6. The molecule has 3 atom stereocenters. The Kier molecular flexibility index (Phi) is 27.7. The van der Waals surface area contributed by atoms with Crippen LogP contribution < -0.4 is 5.32 Å². The molecule has 3 fully saturated rings. The Bertz CT molecular complexity index is 884. The standard InChI is InChI=1S/C49H93NO5/c1-5-7-9-11-15-25-33-45(34-26-16-12-10-8-6-2)54-47(51)36-28-20-18-24-32-43(50-44-38-49(39-44)40-52-41-49)31-23-17-19-27-35-46-48(55-46)53-37-29-21-13-14-22-30-42(3)4/h42-46,48,50H,5-41H2,1-4H3. The molecule has 2 saturated heterocycles. The quantitative estimate of drug-likeness (QED) is 0.0380. The van der Waals surface area contributed by atoms with Crippen molar-refractivity contribution in [1.82, 2.24) is 5.32 Å². The van der Waals surface area contributed by atoms with Crippen LogP contribution in [-0.2, 0) is 23.7 Å². The van der Waals surface area contributed by atoms with E-state index in [1.54, 1.807) is 0 Å². The van der Waals surface area contributed by atoms with Crippen LogP contribution >= 0.6 is 0 Å². The fraction of sp³-hybridized carbons (Fsp3) is 0.980. The number of hydrogen-bond acceptors (Lipinski definition) is 6. The maximum atomic E-state index is 12.9. The molecule has 0 aromatic rings. The third kappa shape index (κ3) is 24.1. The lowest BCUT2D eigenvalue weighted by atomic mass is 9.64. The summed E-state index contributed by atoms with van der Waals surface area (Å²) < 4.78 is 23.4. The van der Waals surface area contributed by atoms with E-state index >= 15 is 0 Å². The van der Waals surface area contributed by atoms with E-state index in [1.807, 2.05) is 0 Å². The number of carbonyl (C=O) groups excluding carboxylic acids is 1. The molecule has 6 heteroatoms. The molecule has 0 radical (unpaired) electrons. The van der Waals surface area contributed by atoms with Crippen molar-refractivity contribution in [3.63, 3.8) is 0 Å². The Morgan fingerprint density at radius 3 is 1.71 bits per heavy atom. The summed E-state index contributed by atoms with van der Waals surface area (Å²) in [6, 6.07) is 1.30. The lowest BCUT2D eigenvalue weighted by Crippen LogP contribution is -2.60. The maximum Gasteiger partial charge on any atom is 0.306 e. The summed E-state index contributed by atoms with van der Waals surface area (Å²) in [5, 5.41) is 4.07. The number of hydrogen-bond donors (Lipinski definition) is 1. The Morgan fingerprint density at radius 2 is 1.15 bits per heavy atom. The molecule has 324 valence electrons. The van der Waals surface area contributed by atoms with Crippen LogP contribution in [0.4, 0.5) is 0 Å². The number of ether oxygens (including phenoxy) is 4. The minimum Gasteiger partial charge on any atom is -0.462 e. The molecule has 1 spiro atoms. The molecule has 2 aliphatic heterocycles. The van der Waals surface area contributed by atoms with E-state index in [4.69, 9.17) is 18.9 Å².